The van der Waals surface area contributed by atoms with E-state index in [1.807, 2.05) is 0 Å². The van der Waals surface area contributed by atoms with Crippen LogP contribution in [0.15, 0.2) is 18.5 Å². The van der Waals surface area contributed by atoms with Gasteiger partial charge in [0.05, 0.1) is 13.3 Å². The van der Waals surface area contributed by atoms with Gasteiger partial charge in [-0.05, 0) is 17.7 Å². The molecule has 3 nitrogen and oxygen atoms in total. The Balaban J connectivity index is 3.02. The van der Waals surface area contributed by atoms with Gasteiger partial charge in [0.2, 0.25) is 5.78 Å². The Bertz CT molecular complexity index is 351. The smallest absolute Gasteiger partial charge is 0.384 e. The highest BCUT2D eigenvalue weighted by molar-refractivity contribution is 6.35. The summed E-state index contributed by atoms with van der Waals surface area (Å²) in [6.07, 6.45) is 2.30. The van der Waals surface area contributed by atoms with E-state index in [1.54, 1.807) is 0 Å². The van der Waals surface area contributed by atoms with Crippen molar-refractivity contribution in [1.82, 2.24) is 4.98 Å². The van der Waals surface area contributed by atoms with E-state index in [0.29, 0.717) is 0 Å². The Morgan fingerprint density at radius 1 is 1.57 bits per heavy atom. The number of ether oxygens (including phenoxy) is 1. The standard InChI is InChI=1S/C8H6ClF2NO2/c1-14-6-2-5(3-12-4-6)7(13)8(9,10)11/h2-4H,1H3. The summed E-state index contributed by atoms with van der Waals surface area (Å²) in [6, 6.07) is 1.14. The molecule has 1 aromatic rings. The molecule has 0 aliphatic heterocycles. The first-order chi connectivity index (χ1) is 6.45. The van der Waals surface area contributed by atoms with Crippen LogP contribution in [0, 0.1) is 0 Å². The molecule has 0 saturated carbocycles. The molecule has 0 atom stereocenters. The van der Waals surface area contributed by atoms with Gasteiger partial charge in [0.1, 0.15) is 5.75 Å². The second kappa shape index (κ2) is 3.88. The molecule has 0 aliphatic rings. The number of methoxy groups -OCH3 is 1. The van der Waals surface area contributed by atoms with E-state index in [4.69, 9.17) is 4.74 Å². The van der Waals surface area contributed by atoms with Crippen molar-refractivity contribution in [2.45, 2.75) is 5.38 Å². The highest BCUT2D eigenvalue weighted by Gasteiger charge is 2.36. The maximum Gasteiger partial charge on any atom is 0.384 e. The minimum absolute atomic E-state index is 0.219. The van der Waals surface area contributed by atoms with Gasteiger partial charge in [-0.1, -0.05) is 0 Å². The summed E-state index contributed by atoms with van der Waals surface area (Å²) in [6.45, 7) is 0. The van der Waals surface area contributed by atoms with Crippen molar-refractivity contribution in [3.63, 3.8) is 0 Å². The lowest BCUT2D eigenvalue weighted by atomic mass is 10.2. The maximum absolute atomic E-state index is 12.4. The molecule has 1 heterocycles. The van der Waals surface area contributed by atoms with E-state index in [0.717, 1.165) is 12.3 Å². The molecule has 0 spiro atoms. The van der Waals surface area contributed by atoms with Gasteiger partial charge in [-0.15, -0.1) is 0 Å². The maximum atomic E-state index is 12.4. The van der Waals surface area contributed by atoms with Crippen LogP contribution >= 0.6 is 11.6 Å². The number of hydrogen-bond acceptors (Lipinski definition) is 3. The molecule has 14 heavy (non-hydrogen) atoms. The van der Waals surface area contributed by atoms with Gasteiger partial charge in [0.25, 0.3) is 0 Å². The van der Waals surface area contributed by atoms with Crippen molar-refractivity contribution in [3.05, 3.63) is 24.0 Å². The normalized spacial score (nSPS) is 11.1. The summed E-state index contributed by atoms with van der Waals surface area (Å²) in [5.41, 5.74) is -0.288. The molecule has 0 unspecified atom stereocenters. The van der Waals surface area contributed by atoms with Gasteiger partial charge < -0.3 is 4.74 Å². The van der Waals surface area contributed by atoms with Crippen LogP contribution in [0.5, 0.6) is 5.75 Å². The van der Waals surface area contributed by atoms with Crippen molar-refractivity contribution < 1.29 is 18.3 Å². The number of alkyl halides is 3. The second-order valence-electron chi connectivity index (χ2n) is 2.44. The molecule has 1 aromatic heterocycles. The molecule has 0 bridgehead atoms. The second-order valence-corrected chi connectivity index (χ2v) is 2.92. The first-order valence-corrected chi connectivity index (χ1v) is 3.93. The van der Waals surface area contributed by atoms with Crippen LogP contribution in [0.1, 0.15) is 10.4 Å². The van der Waals surface area contributed by atoms with Crippen LogP contribution in [0.25, 0.3) is 0 Å². The van der Waals surface area contributed by atoms with Crippen LogP contribution in [-0.2, 0) is 0 Å². The predicted molar refractivity (Wildman–Crippen MR) is 45.9 cm³/mol. The molecule has 0 N–H and O–H groups in total. The summed E-state index contributed by atoms with van der Waals surface area (Å²) in [5.74, 6) is -1.28. The molecule has 0 radical (unpaired) electrons. The number of nitrogens with zero attached hydrogens (tertiary/aromatic N) is 1. The highest BCUT2D eigenvalue weighted by Crippen LogP contribution is 2.25. The third-order valence-corrected chi connectivity index (χ3v) is 1.64. The average Bonchev–Trinajstić information content (AvgIpc) is 2.15. The van der Waals surface area contributed by atoms with Gasteiger partial charge in [0, 0.05) is 11.8 Å². The molecular formula is C8H6ClF2NO2. The zero-order valence-electron chi connectivity index (χ0n) is 7.13. The van der Waals surface area contributed by atoms with Crippen molar-refractivity contribution in [3.8, 4) is 5.75 Å². The summed E-state index contributed by atoms with van der Waals surface area (Å²) < 4.78 is 29.5. The number of rotatable bonds is 3. The molecule has 0 saturated heterocycles. The van der Waals surface area contributed by atoms with E-state index in [9.17, 15) is 13.6 Å². The SMILES string of the molecule is COc1cncc(C(=O)C(F)(F)Cl)c1. The van der Waals surface area contributed by atoms with Crippen molar-refractivity contribution >= 4 is 17.4 Å². The number of carbonyl (C=O) groups excluding carboxylic acids is 1. The average molecular weight is 222 g/mol. The van der Waals surface area contributed by atoms with Crippen LogP contribution < -0.4 is 4.74 Å². The molecule has 76 valence electrons. The van der Waals surface area contributed by atoms with Crippen LogP contribution in [0.4, 0.5) is 8.78 Å². The summed E-state index contributed by atoms with van der Waals surface area (Å²) in [5, 5.41) is -3.91. The van der Waals surface area contributed by atoms with E-state index in [-0.39, 0.29) is 11.3 Å². The fraction of sp³-hybridized carbons (Fsp3) is 0.250. The van der Waals surface area contributed by atoms with Crippen molar-refractivity contribution in [2.24, 2.45) is 0 Å². The fourth-order valence-corrected chi connectivity index (χ4v) is 0.927. The lowest BCUT2D eigenvalue weighted by molar-refractivity contribution is 0.0535. The number of hydrogen-bond donors (Lipinski definition) is 0. The molecule has 0 amide bonds. The van der Waals surface area contributed by atoms with Crippen molar-refractivity contribution in [1.29, 1.82) is 0 Å². The Labute approximate surface area is 83.7 Å². The van der Waals surface area contributed by atoms with Gasteiger partial charge >= 0.3 is 5.38 Å². The van der Waals surface area contributed by atoms with Gasteiger partial charge in [0.15, 0.2) is 0 Å². The molecule has 0 fully saturated rings. The van der Waals surface area contributed by atoms with E-state index >= 15 is 0 Å². The lowest BCUT2D eigenvalue weighted by Gasteiger charge is -2.06. The van der Waals surface area contributed by atoms with Crippen LogP contribution in [0.2, 0.25) is 0 Å². The number of halogens is 3. The Hall–Kier alpha value is -1.23. The minimum Gasteiger partial charge on any atom is -0.495 e. The lowest BCUT2D eigenvalue weighted by Crippen LogP contribution is -2.21. The zero-order valence-corrected chi connectivity index (χ0v) is 7.89. The van der Waals surface area contributed by atoms with Crippen LogP contribution in [-0.4, -0.2) is 23.3 Å². The number of Topliss-reactive ketones (excluding diaryl/α,β-unsaturated/α-hetero) is 1. The topological polar surface area (TPSA) is 39.2 Å². The third kappa shape index (κ3) is 2.38. The van der Waals surface area contributed by atoms with E-state index < -0.39 is 11.2 Å². The van der Waals surface area contributed by atoms with Gasteiger partial charge in [-0.2, -0.15) is 8.78 Å². The molecular weight excluding hydrogens is 216 g/mol. The molecule has 1 rings (SSSR count). The fourth-order valence-electron chi connectivity index (χ4n) is 0.818. The summed E-state index contributed by atoms with van der Waals surface area (Å²) in [7, 11) is 1.34. The zero-order chi connectivity index (χ0) is 10.8. The largest absolute Gasteiger partial charge is 0.495 e. The molecule has 0 aromatic carbocycles. The first-order valence-electron chi connectivity index (χ1n) is 3.55. The Kier molecular flexibility index (Phi) is 3.00. The number of pyridine rings is 1. The number of aromatic nitrogens is 1. The summed E-state index contributed by atoms with van der Waals surface area (Å²) >= 11 is 4.56. The van der Waals surface area contributed by atoms with E-state index in [2.05, 4.69) is 16.6 Å². The predicted octanol–water partition coefficient (Wildman–Crippen LogP) is 2.10. The third-order valence-electron chi connectivity index (χ3n) is 1.47. The summed E-state index contributed by atoms with van der Waals surface area (Å²) in [4.78, 5) is 14.5. The quantitative estimate of drug-likeness (QED) is 0.580. The van der Waals surface area contributed by atoms with Crippen molar-refractivity contribution in [2.75, 3.05) is 7.11 Å². The monoisotopic (exact) mass is 221 g/mol. The minimum atomic E-state index is -3.91. The first kappa shape index (κ1) is 10.8. The number of ketones is 1. The van der Waals surface area contributed by atoms with Gasteiger partial charge in [-0.3, -0.25) is 9.78 Å². The number of carbonyl (C=O) groups is 1. The molecule has 0 aliphatic carbocycles. The molecule has 6 heteroatoms. The Morgan fingerprint density at radius 2 is 2.21 bits per heavy atom. The Morgan fingerprint density at radius 3 is 2.71 bits per heavy atom. The van der Waals surface area contributed by atoms with Crippen LogP contribution in [0.3, 0.4) is 0 Å². The van der Waals surface area contributed by atoms with Gasteiger partial charge in [-0.25, -0.2) is 0 Å². The highest BCUT2D eigenvalue weighted by atomic mass is 35.5. The van der Waals surface area contributed by atoms with E-state index in [1.165, 1.54) is 13.3 Å².